The summed E-state index contributed by atoms with van der Waals surface area (Å²) in [5.41, 5.74) is 2.94. The number of rotatable bonds is 5. The number of ether oxygens (including phenoxy) is 1. The number of hydrogen-bond acceptors (Lipinski definition) is 2. The highest BCUT2D eigenvalue weighted by molar-refractivity contribution is 7.80. The molecule has 0 unspecified atom stereocenters. The van der Waals surface area contributed by atoms with E-state index in [9.17, 15) is 0 Å². The number of fused-ring (bicyclic) bond motifs is 1. The van der Waals surface area contributed by atoms with Crippen molar-refractivity contribution in [2.24, 2.45) is 0 Å². The molecule has 0 saturated carbocycles. The van der Waals surface area contributed by atoms with Gasteiger partial charge in [0.1, 0.15) is 13.1 Å². The molecular formula is C19H30N3OS+. The molecule has 2 N–H and O–H groups in total. The lowest BCUT2D eigenvalue weighted by Gasteiger charge is -2.35. The molecule has 24 heavy (non-hydrogen) atoms. The van der Waals surface area contributed by atoms with Gasteiger partial charge in [0.2, 0.25) is 0 Å². The predicted octanol–water partition coefficient (Wildman–Crippen LogP) is 1.18. The first-order chi connectivity index (χ1) is 11.8. The average molecular weight is 349 g/mol. The SMILES string of the molecule is CN(C(=S)NCCC[NH+]1CCOCC1)[C@H]1CCCc2ccccc21. The third kappa shape index (κ3) is 4.47. The van der Waals surface area contributed by atoms with E-state index in [1.807, 2.05) is 0 Å². The summed E-state index contributed by atoms with van der Waals surface area (Å²) in [5.74, 6) is 0. The summed E-state index contributed by atoms with van der Waals surface area (Å²) >= 11 is 5.64. The molecule has 0 aromatic heterocycles. The Hall–Kier alpha value is -1.17. The molecule has 1 aromatic rings. The molecule has 3 rings (SSSR count). The largest absolute Gasteiger partial charge is 0.370 e. The van der Waals surface area contributed by atoms with Crippen LogP contribution in [-0.4, -0.2) is 56.5 Å². The van der Waals surface area contributed by atoms with Gasteiger partial charge < -0.3 is 19.9 Å². The molecule has 132 valence electrons. The van der Waals surface area contributed by atoms with Crippen LogP contribution in [0.3, 0.4) is 0 Å². The quantitative estimate of drug-likeness (QED) is 0.618. The Morgan fingerprint density at radius 2 is 2.12 bits per heavy atom. The van der Waals surface area contributed by atoms with Crippen molar-refractivity contribution in [2.75, 3.05) is 46.4 Å². The van der Waals surface area contributed by atoms with Crippen molar-refractivity contribution < 1.29 is 9.64 Å². The van der Waals surface area contributed by atoms with Gasteiger partial charge >= 0.3 is 0 Å². The zero-order valence-corrected chi connectivity index (χ0v) is 15.5. The zero-order valence-electron chi connectivity index (χ0n) is 14.7. The number of morpholine rings is 1. The average Bonchev–Trinajstić information content (AvgIpc) is 2.65. The van der Waals surface area contributed by atoms with Crippen LogP contribution >= 0.6 is 12.2 Å². The minimum Gasteiger partial charge on any atom is -0.370 e. The van der Waals surface area contributed by atoms with E-state index in [0.29, 0.717) is 6.04 Å². The van der Waals surface area contributed by atoms with Crippen molar-refractivity contribution in [3.63, 3.8) is 0 Å². The molecule has 1 atom stereocenters. The highest BCUT2D eigenvalue weighted by Gasteiger charge is 2.24. The number of thiocarbonyl (C=S) groups is 1. The minimum atomic E-state index is 0.416. The summed E-state index contributed by atoms with van der Waals surface area (Å²) in [4.78, 5) is 3.91. The highest BCUT2D eigenvalue weighted by Crippen LogP contribution is 2.33. The predicted molar refractivity (Wildman–Crippen MR) is 101 cm³/mol. The molecule has 5 heteroatoms. The maximum absolute atomic E-state index is 5.64. The molecule has 1 fully saturated rings. The van der Waals surface area contributed by atoms with E-state index < -0.39 is 0 Å². The number of quaternary nitrogens is 1. The van der Waals surface area contributed by atoms with Gasteiger partial charge in [0.05, 0.1) is 25.8 Å². The number of nitrogens with zero attached hydrogens (tertiary/aromatic N) is 1. The molecule has 1 aliphatic heterocycles. The van der Waals surface area contributed by atoms with Gasteiger partial charge in [0, 0.05) is 20.0 Å². The van der Waals surface area contributed by atoms with Gasteiger partial charge in [0.25, 0.3) is 0 Å². The van der Waals surface area contributed by atoms with Crippen LogP contribution in [0.25, 0.3) is 0 Å². The van der Waals surface area contributed by atoms with Crippen LogP contribution in [-0.2, 0) is 11.2 Å². The van der Waals surface area contributed by atoms with Crippen LogP contribution in [0, 0.1) is 0 Å². The Balaban J connectivity index is 1.45. The lowest BCUT2D eigenvalue weighted by Crippen LogP contribution is -3.14. The van der Waals surface area contributed by atoms with Crippen molar-refractivity contribution in [2.45, 2.75) is 31.7 Å². The molecule has 1 heterocycles. The van der Waals surface area contributed by atoms with Crippen LogP contribution < -0.4 is 10.2 Å². The first-order valence-electron chi connectivity index (χ1n) is 9.25. The van der Waals surface area contributed by atoms with Gasteiger partial charge in [-0.2, -0.15) is 0 Å². The monoisotopic (exact) mass is 348 g/mol. The molecule has 1 aromatic carbocycles. The van der Waals surface area contributed by atoms with Crippen LogP contribution in [0.5, 0.6) is 0 Å². The molecule has 0 amide bonds. The maximum atomic E-state index is 5.64. The van der Waals surface area contributed by atoms with Gasteiger partial charge in [-0.3, -0.25) is 0 Å². The van der Waals surface area contributed by atoms with E-state index in [-0.39, 0.29) is 0 Å². The normalized spacial score (nSPS) is 21.1. The molecule has 1 saturated heterocycles. The zero-order chi connectivity index (χ0) is 16.8. The van der Waals surface area contributed by atoms with Gasteiger partial charge in [-0.05, 0) is 42.6 Å². The van der Waals surface area contributed by atoms with Crippen LogP contribution in [0.2, 0.25) is 0 Å². The standard InChI is InChI=1S/C19H29N3OS/c1-21(18-9-4-7-16-6-2-3-8-17(16)18)19(24)20-10-5-11-22-12-14-23-15-13-22/h2-3,6,8,18H,4-5,7,9-15H2,1H3,(H,20,24)/p+1/t18-/m0/s1. The first kappa shape index (κ1) is 17.6. The molecular weight excluding hydrogens is 318 g/mol. The summed E-state index contributed by atoms with van der Waals surface area (Å²) < 4.78 is 5.41. The second kappa shape index (κ2) is 8.79. The Morgan fingerprint density at radius 3 is 2.96 bits per heavy atom. The molecule has 1 aliphatic carbocycles. The smallest absolute Gasteiger partial charge is 0.169 e. The molecule has 2 aliphatic rings. The van der Waals surface area contributed by atoms with E-state index in [2.05, 4.69) is 41.5 Å². The third-order valence-electron chi connectivity index (χ3n) is 5.31. The summed E-state index contributed by atoms with van der Waals surface area (Å²) in [6.07, 6.45) is 4.79. The van der Waals surface area contributed by atoms with Crippen LogP contribution in [0.15, 0.2) is 24.3 Å². The number of hydrogen-bond donors (Lipinski definition) is 2. The maximum Gasteiger partial charge on any atom is 0.169 e. The topological polar surface area (TPSA) is 28.9 Å². The number of nitrogens with one attached hydrogen (secondary N) is 2. The molecule has 0 radical (unpaired) electrons. The van der Waals surface area contributed by atoms with Gasteiger partial charge in [-0.25, -0.2) is 0 Å². The lowest BCUT2D eigenvalue weighted by molar-refractivity contribution is -0.908. The van der Waals surface area contributed by atoms with Crippen LogP contribution in [0.1, 0.15) is 36.4 Å². The van der Waals surface area contributed by atoms with Crippen molar-refractivity contribution in [3.8, 4) is 0 Å². The fourth-order valence-electron chi connectivity index (χ4n) is 3.84. The minimum absolute atomic E-state index is 0.416. The Morgan fingerprint density at radius 1 is 1.33 bits per heavy atom. The second-order valence-corrected chi connectivity index (χ2v) is 7.30. The van der Waals surface area contributed by atoms with E-state index >= 15 is 0 Å². The van der Waals surface area contributed by atoms with Gasteiger partial charge in [-0.1, -0.05) is 24.3 Å². The second-order valence-electron chi connectivity index (χ2n) is 6.92. The summed E-state index contributed by atoms with van der Waals surface area (Å²) in [7, 11) is 2.13. The lowest BCUT2D eigenvalue weighted by atomic mass is 9.87. The number of aryl methyl sites for hydroxylation is 1. The van der Waals surface area contributed by atoms with Crippen molar-refractivity contribution in [3.05, 3.63) is 35.4 Å². The van der Waals surface area contributed by atoms with Crippen LogP contribution in [0.4, 0.5) is 0 Å². The Labute approximate surface area is 151 Å². The van der Waals surface area contributed by atoms with E-state index in [4.69, 9.17) is 17.0 Å². The Kier molecular flexibility index (Phi) is 6.46. The highest BCUT2D eigenvalue weighted by atomic mass is 32.1. The molecule has 0 bridgehead atoms. The van der Waals surface area contributed by atoms with Gasteiger partial charge in [-0.15, -0.1) is 0 Å². The third-order valence-corrected chi connectivity index (χ3v) is 5.74. The first-order valence-corrected chi connectivity index (χ1v) is 9.66. The summed E-state index contributed by atoms with van der Waals surface area (Å²) in [6.45, 7) is 6.26. The van der Waals surface area contributed by atoms with Crippen molar-refractivity contribution in [1.29, 1.82) is 0 Å². The van der Waals surface area contributed by atoms with Gasteiger partial charge in [0.15, 0.2) is 5.11 Å². The van der Waals surface area contributed by atoms with Crippen molar-refractivity contribution in [1.82, 2.24) is 10.2 Å². The van der Waals surface area contributed by atoms with Crippen molar-refractivity contribution >= 4 is 17.3 Å². The fraction of sp³-hybridized carbons (Fsp3) is 0.632. The van der Waals surface area contributed by atoms with E-state index in [0.717, 1.165) is 44.4 Å². The summed E-state index contributed by atoms with van der Waals surface area (Å²) in [6, 6.07) is 9.23. The van der Waals surface area contributed by atoms with E-state index in [1.165, 1.54) is 36.9 Å². The molecule has 4 nitrogen and oxygen atoms in total. The molecule has 0 spiro atoms. The number of benzene rings is 1. The van der Waals surface area contributed by atoms with E-state index in [1.54, 1.807) is 4.90 Å². The summed E-state index contributed by atoms with van der Waals surface area (Å²) in [5, 5.41) is 4.35. The Bertz CT molecular complexity index is 545. The fourth-order valence-corrected chi connectivity index (χ4v) is 4.07.